The first-order chi connectivity index (χ1) is 6.61. The van der Waals surface area contributed by atoms with Crippen LogP contribution in [0.5, 0.6) is 11.5 Å². The van der Waals surface area contributed by atoms with Crippen molar-refractivity contribution in [1.82, 2.24) is 0 Å². The van der Waals surface area contributed by atoms with Crippen LogP contribution in [0.3, 0.4) is 0 Å². The van der Waals surface area contributed by atoms with Crippen LogP contribution in [0.2, 0.25) is 0 Å². The van der Waals surface area contributed by atoms with Gasteiger partial charge in [0.05, 0.1) is 19.9 Å². The number of hydrogen-bond acceptors (Lipinski definition) is 4. The minimum Gasteiger partial charge on any atom is -0.496 e. The fraction of sp³-hybridized carbons (Fsp3) is 0.222. The number of nitrogen functional groups attached to an aromatic ring is 1. The number of amides is 1. The molecule has 0 aliphatic rings. The van der Waals surface area contributed by atoms with Crippen LogP contribution in [-0.4, -0.2) is 20.1 Å². The summed E-state index contributed by atoms with van der Waals surface area (Å²) < 4.78 is 9.94. The van der Waals surface area contributed by atoms with Gasteiger partial charge in [0.15, 0.2) is 5.75 Å². The van der Waals surface area contributed by atoms with E-state index in [1.165, 1.54) is 14.2 Å². The normalized spacial score (nSPS) is 9.57. The average molecular weight is 196 g/mol. The zero-order valence-electron chi connectivity index (χ0n) is 8.03. The summed E-state index contributed by atoms with van der Waals surface area (Å²) in [6.45, 7) is 0. The van der Waals surface area contributed by atoms with Gasteiger partial charge in [-0.25, -0.2) is 0 Å². The molecule has 0 saturated carbocycles. The summed E-state index contributed by atoms with van der Waals surface area (Å²) in [6, 6.07) is 3.15. The molecule has 1 aromatic rings. The maximum Gasteiger partial charge on any atom is 0.256 e. The highest BCUT2D eigenvalue weighted by atomic mass is 16.5. The van der Waals surface area contributed by atoms with Gasteiger partial charge in [-0.3, -0.25) is 4.79 Å². The Bertz CT molecular complexity index is 363. The molecule has 0 aliphatic heterocycles. The number of methoxy groups -OCH3 is 2. The monoisotopic (exact) mass is 196 g/mol. The van der Waals surface area contributed by atoms with E-state index in [2.05, 4.69) is 0 Å². The second-order valence-electron chi connectivity index (χ2n) is 2.63. The molecule has 14 heavy (non-hydrogen) atoms. The fourth-order valence-electron chi connectivity index (χ4n) is 1.20. The molecule has 0 atom stereocenters. The molecule has 0 aromatic heterocycles. The van der Waals surface area contributed by atoms with Gasteiger partial charge in [-0.05, 0) is 12.1 Å². The van der Waals surface area contributed by atoms with E-state index >= 15 is 0 Å². The first-order valence-corrected chi connectivity index (χ1v) is 3.92. The molecule has 0 heterocycles. The van der Waals surface area contributed by atoms with Crippen molar-refractivity contribution in [1.29, 1.82) is 0 Å². The molecule has 1 aromatic carbocycles. The number of primary amides is 1. The highest BCUT2D eigenvalue weighted by Crippen LogP contribution is 2.33. The van der Waals surface area contributed by atoms with E-state index in [9.17, 15) is 4.79 Å². The highest BCUT2D eigenvalue weighted by molar-refractivity contribution is 6.00. The number of carbonyl (C=O) groups excluding carboxylic acids is 1. The Morgan fingerprint density at radius 1 is 1.29 bits per heavy atom. The lowest BCUT2D eigenvalue weighted by molar-refractivity contribution is 0.0994. The van der Waals surface area contributed by atoms with E-state index in [0.717, 1.165) is 0 Å². The number of rotatable bonds is 3. The first-order valence-electron chi connectivity index (χ1n) is 3.92. The number of nitrogens with two attached hydrogens (primary N) is 2. The van der Waals surface area contributed by atoms with Crippen molar-refractivity contribution in [3.05, 3.63) is 17.7 Å². The number of hydrogen-bond donors (Lipinski definition) is 2. The van der Waals surface area contributed by atoms with Gasteiger partial charge < -0.3 is 20.9 Å². The molecule has 1 amide bonds. The fourth-order valence-corrected chi connectivity index (χ4v) is 1.20. The van der Waals surface area contributed by atoms with Crippen molar-refractivity contribution in [2.24, 2.45) is 5.73 Å². The van der Waals surface area contributed by atoms with E-state index in [1.807, 2.05) is 0 Å². The van der Waals surface area contributed by atoms with Crippen LogP contribution in [-0.2, 0) is 0 Å². The van der Waals surface area contributed by atoms with Crippen LogP contribution in [0.4, 0.5) is 5.69 Å². The first kappa shape index (κ1) is 10.2. The SMILES string of the molecule is COc1ccc(N)c(OC)c1C(N)=O. The molecule has 0 bridgehead atoms. The van der Waals surface area contributed by atoms with Gasteiger partial charge in [0.25, 0.3) is 5.91 Å². The molecule has 0 fully saturated rings. The summed E-state index contributed by atoms with van der Waals surface area (Å²) in [6.07, 6.45) is 0. The third-order valence-corrected chi connectivity index (χ3v) is 1.82. The lowest BCUT2D eigenvalue weighted by atomic mass is 10.1. The maximum absolute atomic E-state index is 11.1. The molecule has 0 unspecified atom stereocenters. The molecule has 5 heteroatoms. The van der Waals surface area contributed by atoms with Crippen molar-refractivity contribution >= 4 is 11.6 Å². The Morgan fingerprint density at radius 3 is 2.36 bits per heavy atom. The third-order valence-electron chi connectivity index (χ3n) is 1.82. The summed E-state index contributed by atoms with van der Waals surface area (Å²) in [5, 5.41) is 0. The minimum absolute atomic E-state index is 0.162. The van der Waals surface area contributed by atoms with Crippen LogP contribution in [0, 0.1) is 0 Å². The van der Waals surface area contributed by atoms with Crippen LogP contribution < -0.4 is 20.9 Å². The molecular weight excluding hydrogens is 184 g/mol. The molecule has 5 nitrogen and oxygen atoms in total. The van der Waals surface area contributed by atoms with Crippen molar-refractivity contribution in [3.8, 4) is 11.5 Å². The number of carbonyl (C=O) groups is 1. The van der Waals surface area contributed by atoms with Crippen LogP contribution >= 0.6 is 0 Å². The van der Waals surface area contributed by atoms with Crippen molar-refractivity contribution in [3.63, 3.8) is 0 Å². The Morgan fingerprint density at radius 2 is 1.93 bits per heavy atom. The van der Waals surface area contributed by atoms with E-state index < -0.39 is 5.91 Å². The highest BCUT2D eigenvalue weighted by Gasteiger charge is 2.17. The molecule has 76 valence electrons. The van der Waals surface area contributed by atoms with Gasteiger partial charge >= 0.3 is 0 Å². The molecule has 0 aliphatic carbocycles. The van der Waals surface area contributed by atoms with Crippen LogP contribution in [0.1, 0.15) is 10.4 Å². The largest absolute Gasteiger partial charge is 0.496 e. The summed E-state index contributed by atoms with van der Waals surface area (Å²) in [7, 11) is 2.86. The number of anilines is 1. The van der Waals surface area contributed by atoms with Crippen molar-refractivity contribution in [2.75, 3.05) is 20.0 Å². The quantitative estimate of drug-likeness (QED) is 0.684. The molecule has 0 radical (unpaired) electrons. The second-order valence-corrected chi connectivity index (χ2v) is 2.63. The summed E-state index contributed by atoms with van der Waals surface area (Å²) in [5.74, 6) is -0.0357. The third kappa shape index (κ3) is 1.56. The smallest absolute Gasteiger partial charge is 0.256 e. The van der Waals surface area contributed by atoms with Crippen molar-refractivity contribution < 1.29 is 14.3 Å². The van der Waals surface area contributed by atoms with Gasteiger partial charge in [0.1, 0.15) is 11.3 Å². The molecule has 1 rings (SSSR count). The summed E-state index contributed by atoms with van der Waals surface area (Å²) in [5.41, 5.74) is 11.3. The van der Waals surface area contributed by atoms with Gasteiger partial charge in [-0.2, -0.15) is 0 Å². The summed E-state index contributed by atoms with van der Waals surface area (Å²) >= 11 is 0. The number of ether oxygens (including phenoxy) is 2. The minimum atomic E-state index is -0.633. The van der Waals surface area contributed by atoms with E-state index in [0.29, 0.717) is 11.4 Å². The Hall–Kier alpha value is -1.91. The van der Waals surface area contributed by atoms with Crippen molar-refractivity contribution in [2.45, 2.75) is 0 Å². The van der Waals surface area contributed by atoms with Crippen LogP contribution in [0.25, 0.3) is 0 Å². The lowest BCUT2D eigenvalue weighted by Crippen LogP contribution is -2.15. The Kier molecular flexibility index (Phi) is 2.81. The summed E-state index contributed by atoms with van der Waals surface area (Å²) in [4.78, 5) is 11.1. The maximum atomic E-state index is 11.1. The van der Waals surface area contributed by atoms with Gasteiger partial charge in [0, 0.05) is 0 Å². The van der Waals surface area contributed by atoms with Gasteiger partial charge in [-0.1, -0.05) is 0 Å². The topological polar surface area (TPSA) is 87.6 Å². The van der Waals surface area contributed by atoms with E-state index in [1.54, 1.807) is 12.1 Å². The lowest BCUT2D eigenvalue weighted by Gasteiger charge is -2.12. The van der Waals surface area contributed by atoms with E-state index in [-0.39, 0.29) is 11.3 Å². The zero-order chi connectivity index (χ0) is 10.7. The molecule has 4 N–H and O–H groups in total. The zero-order valence-corrected chi connectivity index (χ0v) is 8.03. The Labute approximate surface area is 81.6 Å². The molecule has 0 spiro atoms. The molecular formula is C9H12N2O3. The predicted octanol–water partition coefficient (Wildman–Crippen LogP) is 0.385. The molecule has 0 saturated heterocycles. The predicted molar refractivity (Wildman–Crippen MR) is 52.5 cm³/mol. The second kappa shape index (κ2) is 3.87. The average Bonchev–Trinajstić information content (AvgIpc) is 2.17. The van der Waals surface area contributed by atoms with Crippen LogP contribution in [0.15, 0.2) is 12.1 Å². The number of benzene rings is 1. The van der Waals surface area contributed by atoms with Gasteiger partial charge in [0.2, 0.25) is 0 Å². The van der Waals surface area contributed by atoms with Gasteiger partial charge in [-0.15, -0.1) is 0 Å². The van der Waals surface area contributed by atoms with E-state index in [4.69, 9.17) is 20.9 Å². The standard InChI is InChI=1S/C9H12N2O3/c1-13-6-4-3-5(10)8(14-2)7(6)9(11)12/h3-4H,10H2,1-2H3,(H2,11,12). The Balaban J connectivity index is 3.43.